The van der Waals surface area contributed by atoms with E-state index in [4.69, 9.17) is 9.53 Å². The standard InChI is InChI=1S/C13H25NO4Si/c1-8(18-19(5,6)13(2,3)4)11-9(7-10(15)16)14-12(11)17/h8-9,11H,7H2,1-6H3,(H,14,17)(H,15,16)/t8-,9-,11+/m1/s1. The third-order valence-electron chi connectivity index (χ3n) is 4.25. The second-order valence-corrected chi connectivity index (χ2v) is 11.6. The molecule has 19 heavy (non-hydrogen) atoms. The Morgan fingerprint density at radius 1 is 1.47 bits per heavy atom. The molecule has 1 fully saturated rings. The molecule has 1 rings (SSSR count). The normalized spacial score (nSPS) is 25.5. The highest BCUT2D eigenvalue weighted by Gasteiger charge is 2.47. The quantitative estimate of drug-likeness (QED) is 0.599. The van der Waals surface area contributed by atoms with E-state index in [2.05, 4.69) is 39.2 Å². The van der Waals surface area contributed by atoms with Crippen molar-refractivity contribution in [1.82, 2.24) is 5.32 Å². The molecule has 0 unspecified atom stereocenters. The van der Waals surface area contributed by atoms with Gasteiger partial charge < -0.3 is 14.8 Å². The molecule has 0 spiro atoms. The van der Waals surface area contributed by atoms with Crippen LogP contribution in [0.25, 0.3) is 0 Å². The molecule has 0 aliphatic carbocycles. The van der Waals surface area contributed by atoms with Gasteiger partial charge in [0.05, 0.1) is 24.5 Å². The SMILES string of the molecule is C[C@@H](O[Si](C)(C)C(C)(C)C)[C@@H]1C(=O)N[C@@H]1CC(=O)O. The number of aliphatic carboxylic acids is 1. The summed E-state index contributed by atoms with van der Waals surface area (Å²) < 4.78 is 6.17. The monoisotopic (exact) mass is 287 g/mol. The number of carbonyl (C=O) groups is 2. The zero-order valence-electron chi connectivity index (χ0n) is 12.6. The van der Waals surface area contributed by atoms with E-state index in [1.165, 1.54) is 0 Å². The molecule has 0 bridgehead atoms. The van der Waals surface area contributed by atoms with Gasteiger partial charge >= 0.3 is 5.97 Å². The van der Waals surface area contributed by atoms with Crippen molar-refractivity contribution in [2.45, 2.75) is 64.4 Å². The lowest BCUT2D eigenvalue weighted by atomic mass is 9.84. The Bertz CT molecular complexity index is 375. The maximum Gasteiger partial charge on any atom is 0.305 e. The molecule has 0 aromatic rings. The fraction of sp³-hybridized carbons (Fsp3) is 0.846. The van der Waals surface area contributed by atoms with Crippen LogP contribution in [-0.2, 0) is 14.0 Å². The summed E-state index contributed by atoms with van der Waals surface area (Å²) in [5.74, 6) is -1.34. The number of carbonyl (C=O) groups excluding carboxylic acids is 1. The minimum atomic E-state index is -1.94. The Morgan fingerprint density at radius 3 is 2.37 bits per heavy atom. The van der Waals surface area contributed by atoms with Crippen molar-refractivity contribution in [1.29, 1.82) is 0 Å². The van der Waals surface area contributed by atoms with E-state index in [9.17, 15) is 9.59 Å². The molecule has 1 amide bonds. The molecular formula is C13H25NO4Si. The highest BCUT2D eigenvalue weighted by atomic mass is 28.4. The highest BCUT2D eigenvalue weighted by molar-refractivity contribution is 6.74. The summed E-state index contributed by atoms with van der Waals surface area (Å²) in [4.78, 5) is 22.4. The number of hydrogen-bond acceptors (Lipinski definition) is 3. The topological polar surface area (TPSA) is 75.6 Å². The van der Waals surface area contributed by atoms with Crippen molar-refractivity contribution < 1.29 is 19.1 Å². The molecule has 3 atom stereocenters. The van der Waals surface area contributed by atoms with Gasteiger partial charge in [0, 0.05) is 0 Å². The second kappa shape index (κ2) is 5.24. The Morgan fingerprint density at radius 2 is 2.00 bits per heavy atom. The second-order valence-electron chi connectivity index (χ2n) is 6.82. The summed E-state index contributed by atoms with van der Waals surface area (Å²) in [7, 11) is -1.94. The smallest absolute Gasteiger partial charge is 0.305 e. The predicted molar refractivity (Wildman–Crippen MR) is 75.4 cm³/mol. The molecule has 0 saturated carbocycles. The lowest BCUT2D eigenvalue weighted by Crippen LogP contribution is -2.64. The van der Waals surface area contributed by atoms with Gasteiger partial charge in [0.2, 0.25) is 5.91 Å². The molecule has 1 aliphatic rings. The molecule has 5 nitrogen and oxygen atoms in total. The van der Waals surface area contributed by atoms with Gasteiger partial charge in [0.15, 0.2) is 8.32 Å². The first-order chi connectivity index (χ1) is 8.45. The van der Waals surface area contributed by atoms with Gasteiger partial charge in [0.1, 0.15) is 0 Å². The lowest BCUT2D eigenvalue weighted by molar-refractivity contribution is -0.145. The maximum atomic E-state index is 11.6. The van der Waals surface area contributed by atoms with Gasteiger partial charge in [-0.3, -0.25) is 9.59 Å². The summed E-state index contributed by atoms with van der Waals surface area (Å²) in [6.07, 6.45) is -0.277. The number of rotatable bonds is 5. The van der Waals surface area contributed by atoms with E-state index in [-0.39, 0.29) is 35.4 Å². The van der Waals surface area contributed by atoms with Crippen LogP contribution in [0.4, 0.5) is 0 Å². The first-order valence-electron chi connectivity index (χ1n) is 6.65. The van der Waals surface area contributed by atoms with E-state index >= 15 is 0 Å². The summed E-state index contributed by atoms with van der Waals surface area (Å²) in [6.45, 7) is 12.6. The maximum absolute atomic E-state index is 11.6. The first kappa shape index (κ1) is 16.2. The van der Waals surface area contributed by atoms with Crippen LogP contribution in [0, 0.1) is 5.92 Å². The molecule has 1 aliphatic heterocycles. The highest BCUT2D eigenvalue weighted by Crippen LogP contribution is 2.39. The Balaban J connectivity index is 2.69. The van der Waals surface area contributed by atoms with Crippen molar-refractivity contribution in [2.24, 2.45) is 5.92 Å². The zero-order chi connectivity index (χ0) is 15.0. The largest absolute Gasteiger partial charge is 0.481 e. The summed E-state index contributed by atoms with van der Waals surface area (Å²) >= 11 is 0. The number of carboxylic acids is 1. The van der Waals surface area contributed by atoms with E-state index < -0.39 is 14.3 Å². The van der Waals surface area contributed by atoms with E-state index in [1.54, 1.807) is 0 Å². The molecule has 110 valence electrons. The van der Waals surface area contributed by atoms with E-state index in [1.807, 2.05) is 6.92 Å². The Labute approximate surface area is 115 Å². The fourth-order valence-electron chi connectivity index (χ4n) is 2.08. The number of β-lactam (4-membered cyclic amide) rings is 1. The van der Waals surface area contributed by atoms with Crippen molar-refractivity contribution in [3.8, 4) is 0 Å². The Kier molecular flexibility index (Phi) is 4.46. The first-order valence-corrected chi connectivity index (χ1v) is 9.56. The predicted octanol–water partition coefficient (Wildman–Crippen LogP) is 1.99. The van der Waals surface area contributed by atoms with Crippen LogP contribution in [0.1, 0.15) is 34.1 Å². The van der Waals surface area contributed by atoms with Crippen molar-refractivity contribution in [2.75, 3.05) is 0 Å². The average Bonchev–Trinajstić information content (AvgIpc) is 2.12. The minimum absolute atomic E-state index is 0.0401. The number of carboxylic acid groups (broad SMARTS) is 1. The van der Waals surface area contributed by atoms with Gasteiger partial charge in [-0.15, -0.1) is 0 Å². The van der Waals surface area contributed by atoms with Crippen LogP contribution in [0.2, 0.25) is 18.1 Å². The van der Waals surface area contributed by atoms with Crippen molar-refractivity contribution in [3.05, 3.63) is 0 Å². The third-order valence-corrected chi connectivity index (χ3v) is 8.82. The molecule has 1 saturated heterocycles. The summed E-state index contributed by atoms with van der Waals surface area (Å²) in [6, 6.07) is -0.301. The minimum Gasteiger partial charge on any atom is -0.481 e. The van der Waals surface area contributed by atoms with E-state index in [0.717, 1.165) is 0 Å². The fourth-order valence-corrected chi connectivity index (χ4v) is 3.51. The van der Waals surface area contributed by atoms with Crippen LogP contribution in [0.5, 0.6) is 0 Å². The van der Waals surface area contributed by atoms with Gasteiger partial charge in [-0.1, -0.05) is 20.8 Å². The van der Waals surface area contributed by atoms with Gasteiger partial charge in [0.25, 0.3) is 0 Å². The third kappa shape index (κ3) is 3.57. The number of hydrogen-bond donors (Lipinski definition) is 2. The molecular weight excluding hydrogens is 262 g/mol. The van der Waals surface area contributed by atoms with Crippen molar-refractivity contribution in [3.63, 3.8) is 0 Å². The molecule has 0 radical (unpaired) electrons. The number of nitrogens with one attached hydrogen (secondary N) is 1. The number of amides is 1. The molecule has 1 heterocycles. The van der Waals surface area contributed by atoms with Crippen LogP contribution >= 0.6 is 0 Å². The van der Waals surface area contributed by atoms with Crippen LogP contribution in [0.3, 0.4) is 0 Å². The van der Waals surface area contributed by atoms with Crippen molar-refractivity contribution >= 4 is 20.2 Å². The molecule has 0 aromatic heterocycles. The van der Waals surface area contributed by atoms with Crippen LogP contribution in [0.15, 0.2) is 0 Å². The lowest BCUT2D eigenvalue weighted by Gasteiger charge is -2.45. The van der Waals surface area contributed by atoms with Gasteiger partial charge in [-0.25, -0.2) is 0 Å². The average molecular weight is 287 g/mol. The molecule has 2 N–H and O–H groups in total. The summed E-state index contributed by atoms with van der Waals surface area (Å²) in [5, 5.41) is 11.5. The van der Waals surface area contributed by atoms with Gasteiger partial charge in [-0.05, 0) is 25.1 Å². The molecule has 0 aromatic carbocycles. The van der Waals surface area contributed by atoms with E-state index in [0.29, 0.717) is 0 Å². The Hall–Kier alpha value is -0.883. The van der Waals surface area contributed by atoms with Crippen LogP contribution in [-0.4, -0.2) is 37.4 Å². The zero-order valence-corrected chi connectivity index (χ0v) is 13.6. The van der Waals surface area contributed by atoms with Crippen LogP contribution < -0.4 is 5.32 Å². The molecule has 6 heteroatoms. The van der Waals surface area contributed by atoms with Gasteiger partial charge in [-0.2, -0.15) is 0 Å². The summed E-state index contributed by atoms with van der Waals surface area (Å²) in [5.41, 5.74) is 0.